The van der Waals surface area contributed by atoms with Crippen LogP contribution in [0.4, 0.5) is 14.5 Å². The van der Waals surface area contributed by atoms with Crippen LogP contribution in [0.3, 0.4) is 0 Å². The fourth-order valence-electron chi connectivity index (χ4n) is 2.00. The fourth-order valence-corrected chi connectivity index (χ4v) is 2.12. The summed E-state index contributed by atoms with van der Waals surface area (Å²) in [5.74, 6) is -1.97. The number of carbonyl (C=O) groups excluding carboxylic acids is 1. The van der Waals surface area contributed by atoms with E-state index in [1.165, 1.54) is 16.8 Å². The van der Waals surface area contributed by atoms with Gasteiger partial charge in [0.15, 0.2) is 24.1 Å². The van der Waals surface area contributed by atoms with Crippen molar-refractivity contribution in [3.05, 3.63) is 77.1 Å². The Balaban J connectivity index is 1.61. The van der Waals surface area contributed by atoms with E-state index in [9.17, 15) is 13.6 Å². The third kappa shape index (κ3) is 4.33. The van der Waals surface area contributed by atoms with Crippen molar-refractivity contribution in [3.8, 4) is 5.75 Å². The average Bonchev–Trinajstić information content (AvgIpc) is 3.07. The van der Waals surface area contributed by atoms with E-state index < -0.39 is 17.5 Å². The standard InChI is InChI=1S/C17H12ClF2N3O2/c18-11-1-4-13(5-2-11)25-10-23-8-7-16(22-23)17(24)21-12-3-6-14(19)15(20)9-12/h1-9H,10H2,(H,21,24). The summed E-state index contributed by atoms with van der Waals surface area (Å²) in [6.45, 7) is 0.0973. The van der Waals surface area contributed by atoms with Crippen LogP contribution in [0.2, 0.25) is 5.02 Å². The van der Waals surface area contributed by atoms with Gasteiger partial charge in [0.2, 0.25) is 0 Å². The van der Waals surface area contributed by atoms with E-state index in [4.69, 9.17) is 16.3 Å². The Bertz CT molecular complexity index is 897. The predicted molar refractivity (Wildman–Crippen MR) is 88.6 cm³/mol. The van der Waals surface area contributed by atoms with E-state index in [2.05, 4.69) is 10.4 Å². The molecule has 0 spiro atoms. The molecule has 0 atom stereocenters. The molecule has 1 N–H and O–H groups in total. The minimum atomic E-state index is -1.04. The smallest absolute Gasteiger partial charge is 0.276 e. The summed E-state index contributed by atoms with van der Waals surface area (Å²) in [5.41, 5.74) is 0.250. The molecule has 0 radical (unpaired) electrons. The molecule has 8 heteroatoms. The first-order valence-corrected chi connectivity index (χ1v) is 7.57. The molecule has 1 aromatic heterocycles. The largest absolute Gasteiger partial charge is 0.471 e. The molecule has 5 nitrogen and oxygen atoms in total. The maximum atomic E-state index is 13.2. The molecule has 3 rings (SSSR count). The number of rotatable bonds is 5. The van der Waals surface area contributed by atoms with Crippen LogP contribution >= 0.6 is 11.6 Å². The number of halogens is 3. The van der Waals surface area contributed by atoms with Crippen LogP contribution in [0.25, 0.3) is 0 Å². The van der Waals surface area contributed by atoms with E-state index in [1.807, 2.05) is 0 Å². The molecule has 0 bridgehead atoms. The van der Waals surface area contributed by atoms with Crippen LogP contribution in [0.1, 0.15) is 10.5 Å². The molecule has 0 aliphatic heterocycles. The van der Waals surface area contributed by atoms with Crippen molar-refractivity contribution in [2.24, 2.45) is 0 Å². The number of aromatic nitrogens is 2. The number of anilines is 1. The quantitative estimate of drug-likeness (QED) is 0.742. The van der Waals surface area contributed by atoms with Crippen molar-refractivity contribution in [2.75, 3.05) is 5.32 Å². The van der Waals surface area contributed by atoms with Crippen molar-refractivity contribution in [1.29, 1.82) is 0 Å². The van der Waals surface area contributed by atoms with Crippen molar-refractivity contribution < 1.29 is 18.3 Å². The normalized spacial score (nSPS) is 10.5. The van der Waals surface area contributed by atoms with Gasteiger partial charge in [-0.1, -0.05) is 11.6 Å². The molecule has 1 heterocycles. The van der Waals surface area contributed by atoms with Crippen LogP contribution in [0, 0.1) is 11.6 Å². The number of carbonyl (C=O) groups is 1. The highest BCUT2D eigenvalue weighted by Crippen LogP contribution is 2.16. The summed E-state index contributed by atoms with van der Waals surface area (Å²) in [7, 11) is 0. The van der Waals surface area contributed by atoms with Gasteiger partial charge in [0.1, 0.15) is 5.75 Å². The molecular weight excluding hydrogens is 352 g/mol. The van der Waals surface area contributed by atoms with Crippen LogP contribution in [0.5, 0.6) is 5.75 Å². The summed E-state index contributed by atoms with van der Waals surface area (Å²) in [6, 6.07) is 11.4. The third-order valence-corrected chi connectivity index (χ3v) is 3.48. The van der Waals surface area contributed by atoms with Crippen LogP contribution < -0.4 is 10.1 Å². The number of hydrogen-bond donors (Lipinski definition) is 1. The van der Waals surface area contributed by atoms with Gasteiger partial charge in [0.05, 0.1) is 0 Å². The zero-order chi connectivity index (χ0) is 17.8. The number of amides is 1. The van der Waals surface area contributed by atoms with Gasteiger partial charge >= 0.3 is 0 Å². The zero-order valence-electron chi connectivity index (χ0n) is 12.7. The van der Waals surface area contributed by atoms with Gasteiger partial charge < -0.3 is 10.1 Å². The van der Waals surface area contributed by atoms with Gasteiger partial charge in [-0.2, -0.15) is 5.10 Å². The predicted octanol–water partition coefficient (Wildman–Crippen LogP) is 4.10. The van der Waals surface area contributed by atoms with E-state index >= 15 is 0 Å². The Morgan fingerprint density at radius 2 is 1.88 bits per heavy atom. The Labute approximate surface area is 146 Å². The molecular formula is C17H12ClF2N3O2. The fraction of sp³-hybridized carbons (Fsp3) is 0.0588. The van der Waals surface area contributed by atoms with Gasteiger partial charge in [-0.3, -0.25) is 4.79 Å². The molecule has 2 aromatic carbocycles. The minimum Gasteiger partial charge on any atom is -0.471 e. The van der Waals surface area contributed by atoms with Gasteiger partial charge in [-0.05, 0) is 42.5 Å². The summed E-state index contributed by atoms with van der Waals surface area (Å²) in [6.07, 6.45) is 1.57. The number of benzene rings is 2. The molecule has 128 valence electrons. The Morgan fingerprint density at radius 3 is 2.60 bits per heavy atom. The topological polar surface area (TPSA) is 56.2 Å². The summed E-state index contributed by atoms with van der Waals surface area (Å²) < 4.78 is 33.0. The first-order valence-electron chi connectivity index (χ1n) is 7.19. The minimum absolute atomic E-state index is 0.0973. The second-order valence-corrected chi connectivity index (χ2v) is 5.49. The summed E-state index contributed by atoms with van der Waals surface area (Å²) >= 11 is 5.79. The number of nitrogens with zero attached hydrogens (tertiary/aromatic N) is 2. The lowest BCUT2D eigenvalue weighted by molar-refractivity contribution is 0.102. The molecule has 1 amide bonds. The van der Waals surface area contributed by atoms with E-state index in [-0.39, 0.29) is 18.1 Å². The monoisotopic (exact) mass is 363 g/mol. The molecule has 0 fully saturated rings. The van der Waals surface area contributed by atoms with E-state index in [0.717, 1.165) is 12.1 Å². The summed E-state index contributed by atoms with van der Waals surface area (Å²) in [4.78, 5) is 12.1. The highest BCUT2D eigenvalue weighted by molar-refractivity contribution is 6.30. The molecule has 0 aliphatic carbocycles. The van der Waals surface area contributed by atoms with Crippen LogP contribution in [0.15, 0.2) is 54.7 Å². The average molecular weight is 364 g/mol. The second-order valence-electron chi connectivity index (χ2n) is 5.05. The van der Waals surface area contributed by atoms with Gasteiger partial charge in [-0.25, -0.2) is 13.5 Å². The third-order valence-electron chi connectivity index (χ3n) is 3.23. The maximum absolute atomic E-state index is 13.2. The number of ether oxygens (including phenoxy) is 1. The van der Waals surface area contributed by atoms with E-state index in [1.54, 1.807) is 30.5 Å². The molecule has 3 aromatic rings. The Kier molecular flexibility index (Phi) is 4.95. The zero-order valence-corrected chi connectivity index (χ0v) is 13.5. The molecule has 0 aliphatic rings. The van der Waals surface area contributed by atoms with Gasteiger partial charge in [0, 0.05) is 23.0 Å². The van der Waals surface area contributed by atoms with Crippen LogP contribution in [-0.4, -0.2) is 15.7 Å². The summed E-state index contributed by atoms with van der Waals surface area (Å²) in [5, 5.41) is 7.11. The van der Waals surface area contributed by atoms with Gasteiger partial charge in [-0.15, -0.1) is 0 Å². The van der Waals surface area contributed by atoms with Crippen molar-refractivity contribution in [2.45, 2.75) is 6.73 Å². The molecule has 0 unspecified atom stereocenters. The lowest BCUT2D eigenvalue weighted by Crippen LogP contribution is -2.14. The Morgan fingerprint density at radius 1 is 1.12 bits per heavy atom. The molecule has 0 saturated heterocycles. The highest BCUT2D eigenvalue weighted by atomic mass is 35.5. The van der Waals surface area contributed by atoms with E-state index in [0.29, 0.717) is 10.8 Å². The SMILES string of the molecule is O=C(Nc1ccc(F)c(F)c1)c1ccn(COc2ccc(Cl)cc2)n1. The first kappa shape index (κ1) is 16.9. The molecule has 0 saturated carbocycles. The second kappa shape index (κ2) is 7.31. The number of hydrogen-bond acceptors (Lipinski definition) is 3. The van der Waals surface area contributed by atoms with Crippen molar-refractivity contribution >= 4 is 23.2 Å². The maximum Gasteiger partial charge on any atom is 0.276 e. The lowest BCUT2D eigenvalue weighted by atomic mass is 10.3. The number of nitrogens with one attached hydrogen (secondary N) is 1. The lowest BCUT2D eigenvalue weighted by Gasteiger charge is -2.06. The van der Waals surface area contributed by atoms with Gasteiger partial charge in [0.25, 0.3) is 5.91 Å². The first-order chi connectivity index (χ1) is 12.0. The van der Waals surface area contributed by atoms with Crippen molar-refractivity contribution in [3.63, 3.8) is 0 Å². The highest BCUT2D eigenvalue weighted by Gasteiger charge is 2.11. The molecule has 25 heavy (non-hydrogen) atoms. The Hall–Kier alpha value is -2.93. The van der Waals surface area contributed by atoms with Crippen molar-refractivity contribution in [1.82, 2.24) is 9.78 Å². The van der Waals surface area contributed by atoms with Crippen LogP contribution in [-0.2, 0) is 6.73 Å².